The van der Waals surface area contributed by atoms with Crippen molar-refractivity contribution in [2.24, 2.45) is 20.9 Å². The standard InChI is InChI=1S/C32H32N4O4/c1-6-20-15(2)24-12-27-22(14-37)16(3)23(34-27)10-19-9-18(7-8-29(39)40-5)31(33-19)21-11-28(38)30-17(4)25(36-32(21)30)13-26(20)35-24/h10,12-14,18,33,37H,6-9,11H2,1-5H3/t18-/m0/s1. The molecule has 0 spiro atoms. The SMILES string of the molecule is CCC1=C(C)C2=CC3=NC(=C(C)C3=CO)C=C3C[C@H](CCC(=O)OC)C(=C4CC(=O)C5=C(C)C(=CC1=N2)N=C45)N3. The Morgan fingerprint density at radius 2 is 1.82 bits per heavy atom. The Kier molecular flexibility index (Phi) is 6.28. The highest BCUT2D eigenvalue weighted by Crippen LogP contribution is 2.43. The third kappa shape index (κ3) is 4.01. The van der Waals surface area contributed by atoms with Crippen molar-refractivity contribution in [2.75, 3.05) is 7.11 Å². The lowest BCUT2D eigenvalue weighted by Gasteiger charge is -2.13. The van der Waals surface area contributed by atoms with Gasteiger partial charge in [0.15, 0.2) is 5.78 Å². The van der Waals surface area contributed by atoms with Crippen LogP contribution < -0.4 is 5.32 Å². The molecule has 2 fully saturated rings. The van der Waals surface area contributed by atoms with Gasteiger partial charge in [0.2, 0.25) is 0 Å². The molecule has 2 N–H and O–H groups in total. The second kappa shape index (κ2) is 9.70. The van der Waals surface area contributed by atoms with Crippen LogP contribution in [0.3, 0.4) is 0 Å². The molecule has 40 heavy (non-hydrogen) atoms. The number of fused-ring (bicyclic) bond motifs is 5. The number of hydrogen-bond acceptors (Lipinski definition) is 8. The number of carbonyl (C=O) groups is 2. The fourth-order valence-corrected chi connectivity index (χ4v) is 6.35. The summed E-state index contributed by atoms with van der Waals surface area (Å²) in [6, 6.07) is 0. The molecule has 0 aromatic heterocycles. The minimum absolute atomic E-state index is 0.00221. The molecule has 8 heteroatoms. The number of ether oxygens (including phenoxy) is 1. The lowest BCUT2D eigenvalue weighted by molar-refractivity contribution is -0.140. The highest BCUT2D eigenvalue weighted by atomic mass is 16.5. The molecule has 6 rings (SSSR count). The first-order valence-electron chi connectivity index (χ1n) is 13.7. The van der Waals surface area contributed by atoms with E-state index in [-0.39, 0.29) is 30.5 Å². The van der Waals surface area contributed by atoms with E-state index in [1.54, 1.807) is 0 Å². The Labute approximate surface area is 233 Å². The molecule has 5 heterocycles. The molecule has 1 aliphatic carbocycles. The van der Waals surface area contributed by atoms with Gasteiger partial charge in [-0.25, -0.2) is 15.0 Å². The second-order valence-electron chi connectivity index (χ2n) is 10.8. The van der Waals surface area contributed by atoms with Crippen LogP contribution in [0.1, 0.15) is 59.8 Å². The Morgan fingerprint density at radius 1 is 1.07 bits per heavy atom. The highest BCUT2D eigenvalue weighted by molar-refractivity contribution is 6.38. The minimum atomic E-state index is -0.261. The van der Waals surface area contributed by atoms with Gasteiger partial charge in [-0.2, -0.15) is 0 Å². The molecule has 8 nitrogen and oxygen atoms in total. The second-order valence-corrected chi connectivity index (χ2v) is 10.8. The number of ketones is 1. The maximum atomic E-state index is 13.3. The first-order valence-corrected chi connectivity index (χ1v) is 13.7. The van der Waals surface area contributed by atoms with Gasteiger partial charge >= 0.3 is 5.97 Å². The van der Waals surface area contributed by atoms with Crippen molar-refractivity contribution < 1.29 is 19.4 Å². The summed E-state index contributed by atoms with van der Waals surface area (Å²) in [5, 5.41) is 13.7. The molecule has 1 saturated carbocycles. The van der Waals surface area contributed by atoms with Crippen LogP contribution in [0.2, 0.25) is 0 Å². The van der Waals surface area contributed by atoms with Crippen molar-refractivity contribution in [1.29, 1.82) is 0 Å². The summed E-state index contributed by atoms with van der Waals surface area (Å²) >= 11 is 0. The number of hydrogen-bond donors (Lipinski definition) is 2. The quantitative estimate of drug-likeness (QED) is 0.361. The summed E-state index contributed by atoms with van der Waals surface area (Å²) < 4.78 is 4.91. The number of rotatable bonds is 4. The van der Waals surface area contributed by atoms with E-state index < -0.39 is 0 Å². The number of methoxy groups -OCH3 is 1. The summed E-state index contributed by atoms with van der Waals surface area (Å²) in [7, 11) is 1.40. The molecule has 0 radical (unpaired) electrons. The Morgan fingerprint density at radius 3 is 2.55 bits per heavy atom. The number of nitrogens with zero attached hydrogens (tertiary/aromatic N) is 3. The van der Waals surface area contributed by atoms with Gasteiger partial charge in [0.05, 0.1) is 47.6 Å². The fraction of sp³-hybridized carbons (Fsp3) is 0.344. The topological polar surface area (TPSA) is 113 Å². The fourth-order valence-electron chi connectivity index (χ4n) is 6.35. The van der Waals surface area contributed by atoms with E-state index in [4.69, 9.17) is 19.7 Å². The largest absolute Gasteiger partial charge is 0.515 e. The van der Waals surface area contributed by atoms with E-state index in [0.717, 1.165) is 80.5 Å². The van der Waals surface area contributed by atoms with Crippen LogP contribution in [-0.2, 0) is 14.3 Å². The van der Waals surface area contributed by atoms with Crippen molar-refractivity contribution in [3.63, 3.8) is 0 Å². The van der Waals surface area contributed by atoms with Gasteiger partial charge in [-0.1, -0.05) is 6.92 Å². The zero-order valence-corrected chi connectivity index (χ0v) is 23.4. The monoisotopic (exact) mass is 536 g/mol. The molecule has 0 aromatic rings. The third-order valence-electron chi connectivity index (χ3n) is 8.58. The lowest BCUT2D eigenvalue weighted by Crippen LogP contribution is -2.14. The first kappa shape index (κ1) is 25.9. The summed E-state index contributed by atoms with van der Waals surface area (Å²) in [5.41, 5.74) is 12.5. The molecule has 1 atom stereocenters. The van der Waals surface area contributed by atoms with Crippen molar-refractivity contribution in [1.82, 2.24) is 5.32 Å². The van der Waals surface area contributed by atoms with E-state index in [1.165, 1.54) is 7.11 Å². The average Bonchev–Trinajstić information content (AvgIpc) is 3.70. The van der Waals surface area contributed by atoms with Gasteiger partial charge in [0, 0.05) is 46.9 Å². The van der Waals surface area contributed by atoms with E-state index in [9.17, 15) is 14.7 Å². The van der Waals surface area contributed by atoms with Crippen LogP contribution >= 0.6 is 0 Å². The number of aliphatic imine (C=N–C) groups is 3. The van der Waals surface area contributed by atoms with Gasteiger partial charge in [-0.15, -0.1) is 0 Å². The molecule has 0 amide bonds. The number of nitrogens with one attached hydrogen (secondary N) is 1. The molecular weight excluding hydrogens is 504 g/mol. The predicted molar refractivity (Wildman–Crippen MR) is 155 cm³/mol. The van der Waals surface area contributed by atoms with Crippen molar-refractivity contribution in [3.05, 3.63) is 92.0 Å². The molecular formula is C32H32N4O4. The van der Waals surface area contributed by atoms with Crippen molar-refractivity contribution in [2.45, 2.75) is 59.8 Å². The first-order chi connectivity index (χ1) is 19.2. The van der Waals surface area contributed by atoms with Crippen LogP contribution in [0, 0.1) is 5.92 Å². The predicted octanol–water partition coefficient (Wildman–Crippen LogP) is 5.56. The summed E-state index contributed by atoms with van der Waals surface area (Å²) in [5.74, 6) is -0.202. The van der Waals surface area contributed by atoms with Crippen LogP contribution in [0.5, 0.6) is 0 Å². The Balaban J connectivity index is 1.58. The van der Waals surface area contributed by atoms with Gasteiger partial charge in [-0.05, 0) is 80.6 Å². The van der Waals surface area contributed by atoms with Gasteiger partial charge in [-0.3, -0.25) is 9.59 Å². The normalized spacial score (nSPS) is 24.5. The number of aliphatic hydroxyl groups is 1. The summed E-state index contributed by atoms with van der Waals surface area (Å²) in [4.78, 5) is 40.2. The number of aliphatic hydroxyl groups excluding tert-OH is 1. The molecule has 6 aliphatic rings. The molecule has 5 aliphatic heterocycles. The van der Waals surface area contributed by atoms with Crippen LogP contribution in [0.15, 0.2) is 107 Å². The Hall–Kier alpha value is -4.33. The Bertz CT molecular complexity index is 1650. The molecule has 8 bridgehead atoms. The summed E-state index contributed by atoms with van der Waals surface area (Å²) in [6.07, 6.45) is 9.60. The van der Waals surface area contributed by atoms with Gasteiger partial charge < -0.3 is 15.2 Å². The smallest absolute Gasteiger partial charge is 0.305 e. The van der Waals surface area contributed by atoms with Crippen LogP contribution in [0.4, 0.5) is 0 Å². The van der Waals surface area contributed by atoms with E-state index in [0.29, 0.717) is 29.7 Å². The number of esters is 1. The number of allylic oxidation sites excluding steroid dienone is 12. The van der Waals surface area contributed by atoms with Gasteiger partial charge in [0.25, 0.3) is 0 Å². The van der Waals surface area contributed by atoms with Gasteiger partial charge in [0.1, 0.15) is 0 Å². The lowest BCUT2D eigenvalue weighted by atomic mass is 9.94. The van der Waals surface area contributed by atoms with E-state index >= 15 is 0 Å². The maximum Gasteiger partial charge on any atom is 0.305 e. The molecule has 1 saturated heterocycles. The van der Waals surface area contributed by atoms with Crippen LogP contribution in [0.25, 0.3) is 0 Å². The molecule has 204 valence electrons. The minimum Gasteiger partial charge on any atom is -0.515 e. The molecule has 0 unspecified atom stereocenters. The third-order valence-corrected chi connectivity index (χ3v) is 8.58. The number of carbonyl (C=O) groups excluding carboxylic acids is 2. The number of Topliss-reactive ketones (excluding diaryl/α,β-unsaturated/α-hetero) is 1. The highest BCUT2D eigenvalue weighted by Gasteiger charge is 2.41. The van der Waals surface area contributed by atoms with Crippen molar-refractivity contribution in [3.8, 4) is 0 Å². The average molecular weight is 537 g/mol. The maximum absolute atomic E-state index is 13.3. The zero-order chi connectivity index (χ0) is 28.3. The van der Waals surface area contributed by atoms with Crippen LogP contribution in [-0.4, -0.2) is 41.1 Å². The summed E-state index contributed by atoms with van der Waals surface area (Å²) in [6.45, 7) is 8.05. The molecule has 0 aromatic carbocycles. The zero-order valence-electron chi connectivity index (χ0n) is 23.4. The van der Waals surface area contributed by atoms with E-state index in [1.807, 2.05) is 32.1 Å². The van der Waals surface area contributed by atoms with E-state index in [2.05, 4.69) is 19.2 Å². The van der Waals surface area contributed by atoms with Crippen molar-refractivity contribution >= 4 is 28.9 Å².